The number of halogens is 2. The van der Waals surface area contributed by atoms with Crippen LogP contribution >= 0.6 is 0 Å². The van der Waals surface area contributed by atoms with Crippen LogP contribution in [-0.4, -0.2) is 18.5 Å². The summed E-state index contributed by atoms with van der Waals surface area (Å²) in [4.78, 5) is 0. The van der Waals surface area contributed by atoms with Crippen LogP contribution in [0.2, 0.25) is 0 Å². The summed E-state index contributed by atoms with van der Waals surface area (Å²) in [6, 6.07) is 0.499. The van der Waals surface area contributed by atoms with Crippen molar-refractivity contribution in [2.24, 2.45) is 11.8 Å². The number of hydrogen-bond donors (Lipinski definition) is 1. The zero-order valence-corrected chi connectivity index (χ0v) is 10.9. The van der Waals surface area contributed by atoms with E-state index in [4.69, 9.17) is 0 Å². The molecular weight excluding hydrogens is 220 g/mol. The van der Waals surface area contributed by atoms with Gasteiger partial charge in [-0.2, -0.15) is 0 Å². The standard InChI is InChI=1S/C14H25F2N/c1-2-9-17-13(10-11-3-4-11)12-5-7-14(15,16)8-6-12/h11-13,17H,2-10H2,1H3. The summed E-state index contributed by atoms with van der Waals surface area (Å²) in [5, 5.41) is 3.59. The molecule has 0 saturated heterocycles. The molecule has 0 radical (unpaired) electrons. The molecule has 0 aliphatic heterocycles. The van der Waals surface area contributed by atoms with E-state index in [1.54, 1.807) is 0 Å². The molecule has 1 unspecified atom stereocenters. The molecule has 3 heteroatoms. The first-order valence-electron chi connectivity index (χ1n) is 7.22. The van der Waals surface area contributed by atoms with Crippen LogP contribution in [-0.2, 0) is 0 Å². The van der Waals surface area contributed by atoms with Crippen LogP contribution in [0.1, 0.15) is 58.3 Å². The quantitative estimate of drug-likeness (QED) is 0.746. The first kappa shape index (κ1) is 13.3. The molecule has 0 amide bonds. The molecule has 2 aliphatic rings. The maximum absolute atomic E-state index is 13.1. The molecule has 0 aromatic rings. The highest BCUT2D eigenvalue weighted by Crippen LogP contribution is 2.41. The monoisotopic (exact) mass is 245 g/mol. The lowest BCUT2D eigenvalue weighted by atomic mass is 9.80. The van der Waals surface area contributed by atoms with Gasteiger partial charge in [-0.1, -0.05) is 19.8 Å². The molecule has 1 N–H and O–H groups in total. The van der Waals surface area contributed by atoms with Gasteiger partial charge in [0.05, 0.1) is 0 Å². The first-order chi connectivity index (χ1) is 8.11. The average molecular weight is 245 g/mol. The van der Waals surface area contributed by atoms with Crippen molar-refractivity contribution in [1.82, 2.24) is 5.32 Å². The summed E-state index contributed by atoms with van der Waals surface area (Å²) in [6.45, 7) is 3.19. The molecule has 1 atom stereocenters. The lowest BCUT2D eigenvalue weighted by Crippen LogP contribution is -2.40. The van der Waals surface area contributed by atoms with Crippen molar-refractivity contribution in [1.29, 1.82) is 0 Å². The molecule has 2 fully saturated rings. The zero-order valence-electron chi connectivity index (χ0n) is 10.9. The molecule has 0 aromatic carbocycles. The van der Waals surface area contributed by atoms with E-state index in [0.717, 1.165) is 18.9 Å². The van der Waals surface area contributed by atoms with E-state index >= 15 is 0 Å². The van der Waals surface area contributed by atoms with E-state index in [1.807, 2.05) is 0 Å². The first-order valence-corrected chi connectivity index (χ1v) is 7.22. The molecule has 2 aliphatic carbocycles. The molecule has 0 aromatic heterocycles. The Morgan fingerprint density at radius 1 is 1.18 bits per heavy atom. The van der Waals surface area contributed by atoms with Gasteiger partial charge in [0.15, 0.2) is 0 Å². The highest BCUT2D eigenvalue weighted by molar-refractivity contribution is 4.88. The van der Waals surface area contributed by atoms with E-state index < -0.39 is 5.92 Å². The van der Waals surface area contributed by atoms with Crippen LogP contribution in [0.25, 0.3) is 0 Å². The Hall–Kier alpha value is -0.180. The zero-order chi connectivity index (χ0) is 12.3. The van der Waals surface area contributed by atoms with E-state index in [2.05, 4.69) is 12.2 Å². The van der Waals surface area contributed by atoms with Gasteiger partial charge in [0, 0.05) is 18.9 Å². The number of alkyl halides is 2. The van der Waals surface area contributed by atoms with Crippen molar-refractivity contribution in [3.05, 3.63) is 0 Å². The largest absolute Gasteiger partial charge is 0.314 e. The van der Waals surface area contributed by atoms with Gasteiger partial charge in [-0.05, 0) is 44.1 Å². The third-order valence-electron chi connectivity index (χ3n) is 4.27. The number of nitrogens with one attached hydrogen (secondary N) is 1. The molecule has 17 heavy (non-hydrogen) atoms. The number of hydrogen-bond acceptors (Lipinski definition) is 1. The maximum atomic E-state index is 13.1. The smallest absolute Gasteiger partial charge is 0.248 e. The Labute approximate surface area is 103 Å². The van der Waals surface area contributed by atoms with Crippen LogP contribution in [0.15, 0.2) is 0 Å². The fourth-order valence-corrected chi connectivity index (χ4v) is 2.95. The van der Waals surface area contributed by atoms with Gasteiger partial charge < -0.3 is 5.32 Å². The van der Waals surface area contributed by atoms with Gasteiger partial charge >= 0.3 is 0 Å². The van der Waals surface area contributed by atoms with Crippen molar-refractivity contribution in [3.8, 4) is 0 Å². The Bertz CT molecular complexity index is 228. The molecule has 100 valence electrons. The summed E-state index contributed by atoms with van der Waals surface area (Å²) in [7, 11) is 0. The van der Waals surface area contributed by atoms with Crippen molar-refractivity contribution in [2.75, 3.05) is 6.54 Å². The fraction of sp³-hybridized carbons (Fsp3) is 1.00. The molecule has 1 nitrogen and oxygen atoms in total. The Balaban J connectivity index is 1.81. The predicted octanol–water partition coefficient (Wildman–Crippen LogP) is 3.98. The van der Waals surface area contributed by atoms with Crippen molar-refractivity contribution in [2.45, 2.75) is 70.3 Å². The van der Waals surface area contributed by atoms with Gasteiger partial charge in [-0.15, -0.1) is 0 Å². The van der Waals surface area contributed by atoms with Gasteiger partial charge in [0.2, 0.25) is 5.92 Å². The second-order valence-corrected chi connectivity index (χ2v) is 5.93. The van der Waals surface area contributed by atoms with Gasteiger partial charge in [-0.3, -0.25) is 0 Å². The highest BCUT2D eigenvalue weighted by Gasteiger charge is 2.38. The molecule has 2 saturated carbocycles. The van der Waals surface area contributed by atoms with Crippen LogP contribution in [0.5, 0.6) is 0 Å². The Morgan fingerprint density at radius 3 is 2.35 bits per heavy atom. The second kappa shape index (κ2) is 5.64. The molecule has 0 spiro atoms. The third-order valence-corrected chi connectivity index (χ3v) is 4.27. The molecule has 0 bridgehead atoms. The van der Waals surface area contributed by atoms with Crippen LogP contribution in [0, 0.1) is 11.8 Å². The predicted molar refractivity (Wildman–Crippen MR) is 66.3 cm³/mol. The molecule has 0 heterocycles. The topological polar surface area (TPSA) is 12.0 Å². The van der Waals surface area contributed by atoms with E-state index in [9.17, 15) is 8.78 Å². The van der Waals surface area contributed by atoms with Crippen LogP contribution in [0.4, 0.5) is 8.78 Å². The van der Waals surface area contributed by atoms with Crippen molar-refractivity contribution < 1.29 is 8.78 Å². The van der Waals surface area contributed by atoms with Crippen LogP contribution < -0.4 is 5.32 Å². The summed E-state index contributed by atoms with van der Waals surface area (Å²) >= 11 is 0. The Kier molecular flexibility index (Phi) is 4.40. The van der Waals surface area contributed by atoms with Gasteiger partial charge in [0.1, 0.15) is 0 Å². The maximum Gasteiger partial charge on any atom is 0.248 e. The second-order valence-electron chi connectivity index (χ2n) is 5.93. The normalized spacial score (nSPS) is 27.0. The van der Waals surface area contributed by atoms with Crippen molar-refractivity contribution in [3.63, 3.8) is 0 Å². The third kappa shape index (κ3) is 4.20. The fourth-order valence-electron chi connectivity index (χ4n) is 2.95. The molecular formula is C14H25F2N. The minimum absolute atomic E-state index is 0.104. The van der Waals surface area contributed by atoms with Gasteiger partial charge in [0.25, 0.3) is 0 Å². The lowest BCUT2D eigenvalue weighted by Gasteiger charge is -2.34. The minimum atomic E-state index is -2.38. The summed E-state index contributed by atoms with van der Waals surface area (Å²) in [5.41, 5.74) is 0. The summed E-state index contributed by atoms with van der Waals surface area (Å²) < 4.78 is 26.3. The van der Waals surface area contributed by atoms with E-state index in [1.165, 1.54) is 19.3 Å². The number of rotatable bonds is 6. The van der Waals surface area contributed by atoms with Gasteiger partial charge in [-0.25, -0.2) is 8.78 Å². The molecule has 2 rings (SSSR count). The minimum Gasteiger partial charge on any atom is -0.314 e. The lowest BCUT2D eigenvalue weighted by molar-refractivity contribution is -0.0500. The SMILES string of the molecule is CCCNC(CC1CC1)C1CCC(F)(F)CC1. The summed E-state index contributed by atoms with van der Waals surface area (Å²) in [5.74, 6) is -1.01. The van der Waals surface area contributed by atoms with Crippen molar-refractivity contribution >= 4 is 0 Å². The highest BCUT2D eigenvalue weighted by atomic mass is 19.3. The summed E-state index contributed by atoms with van der Waals surface area (Å²) in [6.07, 6.45) is 6.68. The average Bonchev–Trinajstić information content (AvgIpc) is 3.08. The van der Waals surface area contributed by atoms with E-state index in [0.29, 0.717) is 24.8 Å². The van der Waals surface area contributed by atoms with Crippen LogP contribution in [0.3, 0.4) is 0 Å². The Morgan fingerprint density at radius 2 is 1.82 bits per heavy atom. The van der Waals surface area contributed by atoms with E-state index in [-0.39, 0.29) is 12.8 Å².